The van der Waals surface area contributed by atoms with Crippen LogP contribution in [0.2, 0.25) is 0 Å². The number of hydrogen-bond donors (Lipinski definition) is 0. The lowest BCUT2D eigenvalue weighted by atomic mass is 10.1. The number of ether oxygens (including phenoxy) is 1. The van der Waals surface area contributed by atoms with Crippen LogP contribution >= 0.6 is 0 Å². The minimum atomic E-state index is 0.390. The highest BCUT2D eigenvalue weighted by molar-refractivity contribution is 5.46. The molecule has 1 aliphatic heterocycles. The van der Waals surface area contributed by atoms with E-state index in [-0.39, 0.29) is 0 Å². The minimum Gasteiger partial charge on any atom is -0.377 e. The third-order valence-corrected chi connectivity index (χ3v) is 4.01. The number of rotatable bonds is 5. The first-order chi connectivity index (χ1) is 10.8. The van der Waals surface area contributed by atoms with Crippen molar-refractivity contribution in [1.82, 2.24) is 15.0 Å². The molecule has 1 fully saturated rings. The summed E-state index contributed by atoms with van der Waals surface area (Å²) in [6.07, 6.45) is 0. The standard InChI is InChI=1S/C16H22N4O2/c1-13-10-20(14-6-4-3-5-7-14)9-8-19(13)11-16-17-15(12-21-2)18-22-16/h3-7,13H,8-12H2,1-2H3/t13-/m1/s1. The number of anilines is 1. The summed E-state index contributed by atoms with van der Waals surface area (Å²) in [5.41, 5.74) is 1.29. The predicted molar refractivity (Wildman–Crippen MR) is 83.5 cm³/mol. The molecule has 2 aromatic rings. The van der Waals surface area contributed by atoms with E-state index >= 15 is 0 Å². The van der Waals surface area contributed by atoms with E-state index in [1.165, 1.54) is 5.69 Å². The fraction of sp³-hybridized carbons (Fsp3) is 0.500. The third-order valence-electron chi connectivity index (χ3n) is 4.01. The lowest BCUT2D eigenvalue weighted by Gasteiger charge is -2.40. The van der Waals surface area contributed by atoms with Crippen LogP contribution in [-0.4, -0.2) is 47.8 Å². The molecule has 0 aliphatic carbocycles. The third kappa shape index (κ3) is 3.45. The van der Waals surface area contributed by atoms with E-state index in [2.05, 4.69) is 57.2 Å². The van der Waals surface area contributed by atoms with Crippen LogP contribution in [0.25, 0.3) is 0 Å². The van der Waals surface area contributed by atoms with Gasteiger partial charge >= 0.3 is 0 Å². The Morgan fingerprint density at radius 2 is 2.09 bits per heavy atom. The SMILES string of the molecule is COCc1noc(CN2CCN(c3ccccc3)C[C@H]2C)n1. The molecular weight excluding hydrogens is 280 g/mol. The first kappa shape index (κ1) is 15.0. The molecule has 1 aromatic carbocycles. The van der Waals surface area contributed by atoms with Crippen LogP contribution in [0, 0.1) is 0 Å². The lowest BCUT2D eigenvalue weighted by Crippen LogP contribution is -2.51. The highest BCUT2D eigenvalue weighted by Gasteiger charge is 2.25. The van der Waals surface area contributed by atoms with Crippen molar-refractivity contribution in [2.45, 2.75) is 26.1 Å². The summed E-state index contributed by atoms with van der Waals surface area (Å²) in [4.78, 5) is 9.15. The Balaban J connectivity index is 1.58. The first-order valence-corrected chi connectivity index (χ1v) is 7.60. The van der Waals surface area contributed by atoms with E-state index in [0.717, 1.165) is 19.6 Å². The molecule has 0 radical (unpaired) electrons. The summed E-state index contributed by atoms with van der Waals surface area (Å²) >= 11 is 0. The maximum Gasteiger partial charge on any atom is 0.240 e. The molecule has 0 unspecified atom stereocenters. The van der Waals surface area contributed by atoms with Crippen molar-refractivity contribution < 1.29 is 9.26 Å². The molecular formula is C16H22N4O2. The van der Waals surface area contributed by atoms with Gasteiger partial charge < -0.3 is 14.2 Å². The Hall–Kier alpha value is -1.92. The minimum absolute atomic E-state index is 0.390. The normalized spacial score (nSPS) is 19.5. The summed E-state index contributed by atoms with van der Waals surface area (Å²) in [5.74, 6) is 1.26. The van der Waals surface area contributed by atoms with Gasteiger partial charge in [-0.1, -0.05) is 23.4 Å². The zero-order valence-corrected chi connectivity index (χ0v) is 13.1. The molecule has 2 heterocycles. The molecule has 1 saturated heterocycles. The van der Waals surface area contributed by atoms with Crippen molar-refractivity contribution >= 4 is 5.69 Å². The van der Waals surface area contributed by atoms with Gasteiger partial charge in [-0.2, -0.15) is 4.98 Å². The lowest BCUT2D eigenvalue weighted by molar-refractivity contribution is 0.158. The van der Waals surface area contributed by atoms with Gasteiger partial charge in [-0.3, -0.25) is 4.90 Å². The van der Waals surface area contributed by atoms with Crippen molar-refractivity contribution in [2.75, 3.05) is 31.6 Å². The highest BCUT2D eigenvalue weighted by Crippen LogP contribution is 2.19. The predicted octanol–water partition coefficient (Wildman–Crippen LogP) is 1.93. The topological polar surface area (TPSA) is 54.6 Å². The average Bonchev–Trinajstić information content (AvgIpc) is 2.98. The molecule has 1 atom stereocenters. The fourth-order valence-corrected chi connectivity index (χ4v) is 2.82. The zero-order valence-electron chi connectivity index (χ0n) is 13.1. The maximum atomic E-state index is 5.28. The van der Waals surface area contributed by atoms with Crippen LogP contribution in [0.3, 0.4) is 0 Å². The van der Waals surface area contributed by atoms with Crippen molar-refractivity contribution in [3.05, 3.63) is 42.0 Å². The van der Waals surface area contributed by atoms with Crippen LogP contribution in [0.4, 0.5) is 5.69 Å². The Morgan fingerprint density at radius 3 is 2.82 bits per heavy atom. The quantitative estimate of drug-likeness (QED) is 0.841. The van der Waals surface area contributed by atoms with Crippen molar-refractivity contribution in [3.63, 3.8) is 0 Å². The summed E-state index contributed by atoms with van der Waals surface area (Å²) in [5, 5.41) is 3.91. The number of aromatic nitrogens is 2. The second-order valence-corrected chi connectivity index (χ2v) is 5.64. The Morgan fingerprint density at radius 1 is 1.27 bits per heavy atom. The summed E-state index contributed by atoms with van der Waals surface area (Å²) in [6.45, 7) is 6.32. The molecule has 6 nitrogen and oxygen atoms in total. The average molecular weight is 302 g/mol. The van der Waals surface area contributed by atoms with Crippen molar-refractivity contribution in [3.8, 4) is 0 Å². The number of para-hydroxylation sites is 1. The van der Waals surface area contributed by atoms with E-state index < -0.39 is 0 Å². The fourth-order valence-electron chi connectivity index (χ4n) is 2.82. The van der Waals surface area contributed by atoms with E-state index in [1.54, 1.807) is 7.11 Å². The molecule has 0 saturated carbocycles. The second-order valence-electron chi connectivity index (χ2n) is 5.64. The molecule has 6 heteroatoms. The molecule has 0 amide bonds. The molecule has 0 bridgehead atoms. The Kier molecular flexibility index (Phi) is 4.70. The highest BCUT2D eigenvalue weighted by atomic mass is 16.5. The van der Waals surface area contributed by atoms with Gasteiger partial charge in [-0.15, -0.1) is 0 Å². The monoisotopic (exact) mass is 302 g/mol. The number of methoxy groups -OCH3 is 1. The van der Waals surface area contributed by atoms with Gasteiger partial charge in [0.1, 0.15) is 6.61 Å². The largest absolute Gasteiger partial charge is 0.377 e. The van der Waals surface area contributed by atoms with Gasteiger partial charge in [0, 0.05) is 38.5 Å². The number of benzene rings is 1. The molecule has 1 aromatic heterocycles. The van der Waals surface area contributed by atoms with Crippen molar-refractivity contribution in [1.29, 1.82) is 0 Å². The van der Waals surface area contributed by atoms with Gasteiger partial charge in [0.25, 0.3) is 0 Å². The molecule has 1 aliphatic rings. The molecule has 0 N–H and O–H groups in total. The molecule has 0 spiro atoms. The van der Waals surface area contributed by atoms with Crippen LogP contribution < -0.4 is 4.90 Å². The van der Waals surface area contributed by atoms with Crippen LogP contribution in [0.5, 0.6) is 0 Å². The smallest absolute Gasteiger partial charge is 0.240 e. The van der Waals surface area contributed by atoms with E-state index in [1.807, 2.05) is 0 Å². The molecule has 22 heavy (non-hydrogen) atoms. The number of piperazine rings is 1. The zero-order chi connectivity index (χ0) is 15.4. The van der Waals surface area contributed by atoms with Gasteiger partial charge in [-0.25, -0.2) is 0 Å². The number of nitrogens with zero attached hydrogens (tertiary/aromatic N) is 4. The maximum absolute atomic E-state index is 5.28. The van der Waals surface area contributed by atoms with Crippen LogP contribution in [0.1, 0.15) is 18.6 Å². The van der Waals surface area contributed by atoms with Crippen LogP contribution in [-0.2, 0) is 17.9 Å². The van der Waals surface area contributed by atoms with E-state index in [0.29, 0.717) is 30.9 Å². The van der Waals surface area contributed by atoms with Gasteiger partial charge in [0.2, 0.25) is 5.89 Å². The van der Waals surface area contributed by atoms with E-state index in [9.17, 15) is 0 Å². The summed E-state index contributed by atoms with van der Waals surface area (Å²) in [6, 6.07) is 11.0. The summed E-state index contributed by atoms with van der Waals surface area (Å²) in [7, 11) is 1.63. The molecule has 3 rings (SSSR count). The molecule has 118 valence electrons. The first-order valence-electron chi connectivity index (χ1n) is 7.60. The Labute approximate surface area is 130 Å². The Bertz CT molecular complexity index is 587. The van der Waals surface area contributed by atoms with Crippen LogP contribution in [0.15, 0.2) is 34.9 Å². The van der Waals surface area contributed by atoms with Gasteiger partial charge in [-0.05, 0) is 19.1 Å². The van der Waals surface area contributed by atoms with Gasteiger partial charge in [0.15, 0.2) is 5.82 Å². The van der Waals surface area contributed by atoms with E-state index in [4.69, 9.17) is 9.26 Å². The summed E-state index contributed by atoms with van der Waals surface area (Å²) < 4.78 is 10.3. The van der Waals surface area contributed by atoms with Crippen molar-refractivity contribution in [2.24, 2.45) is 0 Å². The number of hydrogen-bond acceptors (Lipinski definition) is 6. The van der Waals surface area contributed by atoms with Gasteiger partial charge in [0.05, 0.1) is 6.54 Å². The second kappa shape index (κ2) is 6.89.